The van der Waals surface area contributed by atoms with Gasteiger partial charge in [-0.15, -0.1) is 0 Å². The summed E-state index contributed by atoms with van der Waals surface area (Å²) >= 11 is 0. The Balaban J connectivity index is 0.000000585. The molecule has 3 rings (SSSR count). The molecule has 0 radical (unpaired) electrons. The summed E-state index contributed by atoms with van der Waals surface area (Å²) in [5.41, 5.74) is 0. The van der Waals surface area contributed by atoms with Crippen molar-refractivity contribution < 1.29 is 32.7 Å². The molecule has 0 aromatic heterocycles. The van der Waals surface area contributed by atoms with Crippen LogP contribution in [0.1, 0.15) is 154 Å². The van der Waals surface area contributed by atoms with Gasteiger partial charge in [0.25, 0.3) is 0 Å². The predicted octanol–water partition coefficient (Wildman–Crippen LogP) is 6.76. The highest BCUT2D eigenvalue weighted by molar-refractivity contribution is 7.40. The van der Waals surface area contributed by atoms with Crippen LogP contribution in [-0.4, -0.2) is 95.0 Å². The molecule has 3 fully saturated rings. The van der Waals surface area contributed by atoms with Crippen molar-refractivity contribution >= 4 is 7.82 Å². The van der Waals surface area contributed by atoms with Crippen LogP contribution in [0.25, 0.3) is 0 Å². The molecule has 7 nitrogen and oxygen atoms in total. The molecule has 0 saturated heterocycles. The quantitative estimate of drug-likeness (QED) is 0.250. The minimum atomic E-state index is -5.39. The van der Waals surface area contributed by atoms with E-state index in [2.05, 4.69) is 63.4 Å². The Bertz CT molecular complexity index is 605. The summed E-state index contributed by atoms with van der Waals surface area (Å²) in [6.07, 6.45) is 35.1. The molecule has 0 bridgehead atoms. The monoisotopic (exact) mass is 648 g/mol. The molecule has 3 saturated carbocycles. The average molecular weight is 648 g/mol. The standard InChI is InChI=1S/3C12H26N.H3O4P/c3*1-13(2,3)12-10-8-6-4-5-7-9-11-12;1-5(2,3)4/h3*12H,4-11H2,1-3H3;(H3,1,2,3,4)/q3*+1;/p-3. The second kappa shape index (κ2) is 23.3. The van der Waals surface area contributed by atoms with Crippen molar-refractivity contribution in [2.75, 3.05) is 63.4 Å². The molecular formula is C36H78N3O4P. The van der Waals surface area contributed by atoms with E-state index >= 15 is 0 Å². The van der Waals surface area contributed by atoms with Crippen LogP contribution in [0.3, 0.4) is 0 Å². The Hall–Kier alpha value is -0.0100. The molecule has 0 aliphatic heterocycles. The number of quaternary nitrogens is 3. The van der Waals surface area contributed by atoms with Crippen molar-refractivity contribution in [2.45, 2.75) is 172 Å². The zero-order chi connectivity index (χ0) is 33.7. The zero-order valence-corrected chi connectivity index (χ0v) is 32.0. The van der Waals surface area contributed by atoms with Gasteiger partial charge in [-0.2, -0.15) is 7.82 Å². The van der Waals surface area contributed by atoms with E-state index < -0.39 is 7.82 Å². The first-order valence-electron chi connectivity index (χ1n) is 18.5. The molecule has 0 unspecified atom stereocenters. The van der Waals surface area contributed by atoms with Gasteiger partial charge in [0.2, 0.25) is 0 Å². The number of nitrogens with zero attached hydrogens (tertiary/aromatic N) is 3. The van der Waals surface area contributed by atoms with Crippen molar-refractivity contribution in [1.82, 2.24) is 0 Å². The van der Waals surface area contributed by atoms with E-state index in [-0.39, 0.29) is 0 Å². The predicted molar refractivity (Wildman–Crippen MR) is 184 cm³/mol. The van der Waals surface area contributed by atoms with Crippen molar-refractivity contribution in [2.24, 2.45) is 0 Å². The Kier molecular flexibility index (Phi) is 23.3. The molecule has 3 aliphatic rings. The third kappa shape index (κ3) is 27.1. The first kappa shape index (κ1) is 44.0. The van der Waals surface area contributed by atoms with E-state index in [1.165, 1.54) is 168 Å². The highest BCUT2D eigenvalue weighted by atomic mass is 31.2. The molecule has 0 aromatic rings. The Morgan fingerprint density at radius 3 is 0.568 bits per heavy atom. The number of hydrogen-bond acceptors (Lipinski definition) is 4. The van der Waals surface area contributed by atoms with E-state index in [4.69, 9.17) is 19.2 Å². The molecule has 44 heavy (non-hydrogen) atoms. The van der Waals surface area contributed by atoms with Crippen molar-refractivity contribution in [1.29, 1.82) is 0 Å². The highest BCUT2D eigenvalue weighted by Gasteiger charge is 2.25. The summed E-state index contributed by atoms with van der Waals surface area (Å²) in [4.78, 5) is 25.6. The molecular weight excluding hydrogens is 569 g/mol. The lowest BCUT2D eigenvalue weighted by Crippen LogP contribution is -2.44. The topological polar surface area (TPSA) is 86.2 Å². The van der Waals surface area contributed by atoms with Gasteiger partial charge < -0.3 is 32.7 Å². The lowest BCUT2D eigenvalue weighted by molar-refractivity contribution is -0.896. The Morgan fingerprint density at radius 2 is 0.455 bits per heavy atom. The molecule has 0 spiro atoms. The maximum absolute atomic E-state index is 8.55. The summed E-state index contributed by atoms with van der Waals surface area (Å²) in [6.45, 7) is 0. The Labute approximate surface area is 275 Å². The smallest absolute Gasteiger partial charge is 0.0884 e. The van der Waals surface area contributed by atoms with Crippen molar-refractivity contribution in [3.8, 4) is 0 Å². The van der Waals surface area contributed by atoms with Crippen LogP contribution in [0.4, 0.5) is 0 Å². The van der Waals surface area contributed by atoms with Gasteiger partial charge in [0.1, 0.15) is 0 Å². The summed E-state index contributed by atoms with van der Waals surface area (Å²) in [6, 6.07) is 2.74. The van der Waals surface area contributed by atoms with E-state index in [9.17, 15) is 0 Å². The maximum atomic E-state index is 8.55. The molecule has 0 amide bonds. The maximum Gasteiger partial charge on any atom is 0.0884 e. The largest absolute Gasteiger partial charge is 0.822 e. The molecule has 8 heteroatoms. The van der Waals surface area contributed by atoms with Gasteiger partial charge in [0.15, 0.2) is 0 Å². The highest BCUT2D eigenvalue weighted by Crippen LogP contribution is 2.24. The normalized spacial score (nSPS) is 22.0. The fraction of sp³-hybridized carbons (Fsp3) is 1.00. The van der Waals surface area contributed by atoms with Gasteiger partial charge in [-0.3, -0.25) is 0 Å². The second-order valence-electron chi connectivity index (χ2n) is 16.9. The van der Waals surface area contributed by atoms with Gasteiger partial charge >= 0.3 is 0 Å². The Morgan fingerprint density at radius 1 is 0.341 bits per heavy atom. The average Bonchev–Trinajstić information content (AvgIpc) is 3.18. The van der Waals surface area contributed by atoms with E-state index in [1.807, 2.05) is 0 Å². The van der Waals surface area contributed by atoms with Crippen molar-refractivity contribution in [3.63, 3.8) is 0 Å². The lowest BCUT2D eigenvalue weighted by atomic mass is 10.0. The molecule has 0 N–H and O–H groups in total. The molecule has 3 aliphatic carbocycles. The van der Waals surface area contributed by atoms with Gasteiger partial charge in [-0.05, 0) is 77.0 Å². The van der Waals surface area contributed by atoms with Crippen LogP contribution in [0.15, 0.2) is 0 Å². The number of hydrogen-bond donors (Lipinski definition) is 0. The van der Waals surface area contributed by atoms with E-state index in [0.717, 1.165) is 18.1 Å². The van der Waals surface area contributed by atoms with Crippen LogP contribution in [0.2, 0.25) is 0 Å². The van der Waals surface area contributed by atoms with Crippen LogP contribution < -0.4 is 14.7 Å². The second-order valence-corrected chi connectivity index (χ2v) is 17.7. The van der Waals surface area contributed by atoms with Gasteiger partial charge in [-0.1, -0.05) is 77.0 Å². The minimum Gasteiger partial charge on any atom is -0.822 e. The van der Waals surface area contributed by atoms with E-state index in [1.54, 1.807) is 0 Å². The fourth-order valence-corrected chi connectivity index (χ4v) is 7.16. The summed E-state index contributed by atoms with van der Waals surface area (Å²) < 4.78 is 12.0. The fourth-order valence-electron chi connectivity index (χ4n) is 7.16. The minimum absolute atomic E-state index is 0.915. The van der Waals surface area contributed by atoms with Crippen LogP contribution in [0, 0.1) is 0 Å². The summed E-state index contributed by atoms with van der Waals surface area (Å²) in [5, 5.41) is 0. The molecule has 0 heterocycles. The van der Waals surface area contributed by atoms with Gasteiger partial charge in [0.05, 0.1) is 81.6 Å². The third-order valence-corrected chi connectivity index (χ3v) is 10.3. The summed E-state index contributed by atoms with van der Waals surface area (Å²) in [7, 11) is 15.8. The molecule has 0 atom stereocenters. The van der Waals surface area contributed by atoms with Crippen LogP contribution in [0.5, 0.6) is 0 Å². The number of phosphoric acid groups is 1. The van der Waals surface area contributed by atoms with Crippen LogP contribution >= 0.6 is 7.82 Å². The zero-order valence-electron chi connectivity index (χ0n) is 31.1. The van der Waals surface area contributed by atoms with Gasteiger partial charge in [0, 0.05) is 0 Å². The third-order valence-electron chi connectivity index (χ3n) is 10.3. The molecule has 266 valence electrons. The lowest BCUT2D eigenvalue weighted by Gasteiger charge is -2.36. The first-order valence-corrected chi connectivity index (χ1v) is 19.9. The van der Waals surface area contributed by atoms with Gasteiger partial charge in [-0.25, -0.2) is 0 Å². The van der Waals surface area contributed by atoms with Crippen molar-refractivity contribution in [3.05, 3.63) is 0 Å². The summed E-state index contributed by atoms with van der Waals surface area (Å²) in [5.74, 6) is 0. The SMILES string of the molecule is C[N+](C)(C)C1CCCCCCCC1.C[N+](C)(C)C1CCCCCCCC1.C[N+](C)(C)C1CCCCCCCC1.O=P([O-])([O-])[O-]. The van der Waals surface area contributed by atoms with Crippen LogP contribution in [-0.2, 0) is 4.57 Å². The first-order chi connectivity index (χ1) is 20.3. The molecule has 0 aromatic carbocycles. The van der Waals surface area contributed by atoms with E-state index in [0.29, 0.717) is 0 Å². The number of rotatable bonds is 3.